The highest BCUT2D eigenvalue weighted by molar-refractivity contribution is 7.90. The van der Waals surface area contributed by atoms with Crippen molar-refractivity contribution in [1.82, 2.24) is 10.2 Å². The van der Waals surface area contributed by atoms with E-state index in [2.05, 4.69) is 28.5 Å². The van der Waals surface area contributed by atoms with Crippen LogP contribution >= 0.6 is 0 Å². The van der Waals surface area contributed by atoms with Crippen molar-refractivity contribution in [3.63, 3.8) is 0 Å². The summed E-state index contributed by atoms with van der Waals surface area (Å²) in [5, 5.41) is 2.88. The summed E-state index contributed by atoms with van der Waals surface area (Å²) < 4.78 is 34.3. The molecule has 0 bridgehead atoms. The molecule has 0 spiro atoms. The average molecular weight is 423 g/mol. The second-order valence-electron chi connectivity index (χ2n) is 7.86. The van der Waals surface area contributed by atoms with Crippen molar-refractivity contribution in [3.05, 3.63) is 23.8 Å². The summed E-state index contributed by atoms with van der Waals surface area (Å²) in [4.78, 5) is 16.8. The fourth-order valence-electron chi connectivity index (χ4n) is 3.56. The molecule has 1 aromatic carbocycles. The highest BCUT2D eigenvalue weighted by Crippen LogP contribution is 2.33. The number of ether oxygens (including phenoxy) is 1. The molecule has 1 saturated heterocycles. The number of fused-ring (bicyclic) bond motifs is 1. The minimum absolute atomic E-state index is 0.0877. The second kappa shape index (κ2) is 9.23. The van der Waals surface area contributed by atoms with Crippen molar-refractivity contribution in [1.29, 1.82) is 0 Å². The zero-order chi connectivity index (χ0) is 21.0. The Morgan fingerprint density at radius 3 is 2.69 bits per heavy atom. The minimum Gasteiger partial charge on any atom is -0.379 e. The molecule has 2 aliphatic rings. The Hall–Kier alpha value is -1.97. The van der Waals surface area contributed by atoms with E-state index >= 15 is 0 Å². The van der Waals surface area contributed by atoms with Crippen LogP contribution in [0.25, 0.3) is 0 Å². The van der Waals surface area contributed by atoms with E-state index in [1.54, 1.807) is 19.1 Å². The quantitative estimate of drug-likeness (QED) is 0.673. The molecule has 1 fully saturated rings. The summed E-state index contributed by atoms with van der Waals surface area (Å²) in [6.07, 6.45) is 0.834. The largest absolute Gasteiger partial charge is 0.379 e. The van der Waals surface area contributed by atoms with Crippen LogP contribution in [0.4, 0.5) is 5.69 Å². The summed E-state index contributed by atoms with van der Waals surface area (Å²) in [5.74, 6) is 0.515. The van der Waals surface area contributed by atoms with Crippen molar-refractivity contribution < 1.29 is 17.9 Å². The Morgan fingerprint density at radius 1 is 1.28 bits per heavy atom. The van der Waals surface area contributed by atoms with Crippen LogP contribution in [0.1, 0.15) is 37.6 Å². The maximum Gasteiger partial charge on any atom is 0.286 e. The molecule has 1 aromatic rings. The molecule has 2 heterocycles. The summed E-state index contributed by atoms with van der Waals surface area (Å²) in [6.45, 7) is 11.3. The maximum absolute atomic E-state index is 12.6. The Kier molecular flexibility index (Phi) is 6.92. The first kappa shape index (κ1) is 21.7. The smallest absolute Gasteiger partial charge is 0.286 e. The number of nitrogens with zero attached hydrogens (tertiary/aromatic N) is 3. The van der Waals surface area contributed by atoms with Gasteiger partial charge in [-0.1, -0.05) is 13.8 Å². The van der Waals surface area contributed by atoms with Gasteiger partial charge in [0.25, 0.3) is 15.9 Å². The second-order valence-corrected chi connectivity index (χ2v) is 9.44. The fourth-order valence-corrected chi connectivity index (χ4v) is 4.82. The number of benzene rings is 1. The number of morpholine rings is 1. The van der Waals surface area contributed by atoms with Crippen LogP contribution < -0.4 is 10.2 Å². The number of hydrogen-bond acceptors (Lipinski definition) is 6. The molecule has 160 valence electrons. The monoisotopic (exact) mass is 422 g/mol. The van der Waals surface area contributed by atoms with E-state index in [-0.39, 0.29) is 10.8 Å². The predicted octanol–water partition coefficient (Wildman–Crippen LogP) is 1.72. The first-order valence-corrected chi connectivity index (χ1v) is 11.5. The van der Waals surface area contributed by atoms with E-state index in [0.717, 1.165) is 39.3 Å². The van der Waals surface area contributed by atoms with E-state index in [0.29, 0.717) is 36.1 Å². The molecule has 9 heteroatoms. The Bertz CT molecular complexity index is 876. The molecule has 0 radical (unpaired) electrons. The van der Waals surface area contributed by atoms with Crippen molar-refractivity contribution in [3.8, 4) is 0 Å². The molecule has 8 nitrogen and oxygen atoms in total. The van der Waals surface area contributed by atoms with Gasteiger partial charge in [-0.05, 0) is 44.0 Å². The van der Waals surface area contributed by atoms with Gasteiger partial charge in [0.05, 0.1) is 18.9 Å². The Balaban J connectivity index is 1.66. The molecule has 0 unspecified atom stereocenters. The van der Waals surface area contributed by atoms with Gasteiger partial charge in [0, 0.05) is 31.7 Å². The number of nitrogens with one attached hydrogen (secondary N) is 1. The highest BCUT2D eigenvalue weighted by Gasteiger charge is 2.30. The van der Waals surface area contributed by atoms with Gasteiger partial charge in [0.15, 0.2) is 0 Å². The topological polar surface area (TPSA) is 91.3 Å². The molecular weight excluding hydrogens is 392 g/mol. The third-order valence-electron chi connectivity index (χ3n) is 5.02. The van der Waals surface area contributed by atoms with Gasteiger partial charge < -0.3 is 15.0 Å². The minimum atomic E-state index is -3.81. The Labute approximate surface area is 173 Å². The lowest BCUT2D eigenvalue weighted by Gasteiger charge is -2.30. The Morgan fingerprint density at radius 2 is 2.00 bits per heavy atom. The molecular formula is C20H30N4O4S. The predicted molar refractivity (Wildman–Crippen MR) is 113 cm³/mol. The number of carbonyl (C=O) groups excluding carboxylic acids is 1. The average Bonchev–Trinajstić information content (AvgIpc) is 2.68. The summed E-state index contributed by atoms with van der Waals surface area (Å²) in [6, 6.07) is 4.82. The van der Waals surface area contributed by atoms with Crippen LogP contribution in [0, 0.1) is 5.92 Å². The van der Waals surface area contributed by atoms with E-state index < -0.39 is 10.0 Å². The van der Waals surface area contributed by atoms with Crippen LogP contribution in [0.5, 0.6) is 0 Å². The van der Waals surface area contributed by atoms with E-state index in [1.165, 1.54) is 6.07 Å². The van der Waals surface area contributed by atoms with Crippen molar-refractivity contribution >= 4 is 27.5 Å². The van der Waals surface area contributed by atoms with Gasteiger partial charge in [-0.3, -0.25) is 9.69 Å². The van der Waals surface area contributed by atoms with Gasteiger partial charge in [0.2, 0.25) is 0 Å². The number of amidine groups is 1. The molecule has 1 N–H and O–H groups in total. The molecule has 0 aromatic heterocycles. The van der Waals surface area contributed by atoms with Crippen molar-refractivity contribution in [2.24, 2.45) is 10.3 Å². The summed E-state index contributed by atoms with van der Waals surface area (Å²) >= 11 is 0. The van der Waals surface area contributed by atoms with Gasteiger partial charge in [-0.25, -0.2) is 0 Å². The van der Waals surface area contributed by atoms with Gasteiger partial charge >= 0.3 is 0 Å². The number of rotatable bonds is 7. The number of sulfonamides is 1. The highest BCUT2D eigenvalue weighted by atomic mass is 32.2. The molecule has 1 amide bonds. The molecule has 3 rings (SSSR count). The normalized spacial score (nSPS) is 19.0. The van der Waals surface area contributed by atoms with E-state index in [4.69, 9.17) is 4.74 Å². The number of amides is 1. The molecule has 29 heavy (non-hydrogen) atoms. The van der Waals surface area contributed by atoms with Crippen LogP contribution in [-0.2, 0) is 14.8 Å². The zero-order valence-corrected chi connectivity index (χ0v) is 18.2. The molecule has 0 aliphatic carbocycles. The molecule has 0 saturated carbocycles. The maximum atomic E-state index is 12.6. The first-order valence-electron chi connectivity index (χ1n) is 10.1. The summed E-state index contributed by atoms with van der Waals surface area (Å²) in [7, 11) is -3.81. The molecule has 2 aliphatic heterocycles. The van der Waals surface area contributed by atoms with Gasteiger partial charge in [-0.2, -0.15) is 8.42 Å². The fraction of sp³-hybridized carbons (Fsp3) is 0.600. The first-order chi connectivity index (χ1) is 13.8. The van der Waals surface area contributed by atoms with E-state index in [1.807, 2.05) is 4.90 Å². The SMILES string of the molecule is CC1=NS(=O)(=O)c2cc(C(=O)NCCCN3CCOCC3)ccc2N1CC(C)C. The number of anilines is 1. The van der Waals surface area contributed by atoms with Crippen LogP contribution in [0.2, 0.25) is 0 Å². The lowest BCUT2D eigenvalue weighted by Crippen LogP contribution is -2.38. The lowest BCUT2D eigenvalue weighted by atomic mass is 10.1. The zero-order valence-electron chi connectivity index (χ0n) is 17.3. The summed E-state index contributed by atoms with van der Waals surface area (Å²) in [5.41, 5.74) is 0.910. The lowest BCUT2D eigenvalue weighted by molar-refractivity contribution is 0.0374. The van der Waals surface area contributed by atoms with Crippen LogP contribution in [-0.4, -0.2) is 71.0 Å². The van der Waals surface area contributed by atoms with Gasteiger partial charge in [0.1, 0.15) is 10.7 Å². The third-order valence-corrected chi connectivity index (χ3v) is 6.41. The van der Waals surface area contributed by atoms with Crippen LogP contribution in [0.3, 0.4) is 0 Å². The van der Waals surface area contributed by atoms with E-state index in [9.17, 15) is 13.2 Å². The van der Waals surface area contributed by atoms with Crippen molar-refractivity contribution in [2.45, 2.75) is 32.1 Å². The molecule has 0 atom stereocenters. The standard InChI is InChI=1S/C20H30N4O4S/c1-15(2)14-24-16(3)22-29(26,27)19-13-17(5-6-18(19)24)20(25)21-7-4-8-23-9-11-28-12-10-23/h5-6,13,15H,4,7-12,14H2,1-3H3,(H,21,25). The van der Waals surface area contributed by atoms with Crippen molar-refractivity contribution in [2.75, 3.05) is 50.8 Å². The van der Waals surface area contributed by atoms with Crippen LogP contribution in [0.15, 0.2) is 27.5 Å². The van der Waals surface area contributed by atoms with Gasteiger partial charge in [-0.15, -0.1) is 4.40 Å². The third kappa shape index (κ3) is 5.34. The number of hydrogen-bond donors (Lipinski definition) is 1. The number of carbonyl (C=O) groups is 1.